The minimum absolute atomic E-state index is 0.0381. The highest BCUT2D eigenvalue weighted by atomic mass is 32.2. The minimum atomic E-state index is -3.90. The van der Waals surface area contributed by atoms with Crippen LogP contribution in [0.3, 0.4) is 0 Å². The molecule has 0 spiro atoms. The molecule has 36 heavy (non-hydrogen) atoms. The summed E-state index contributed by atoms with van der Waals surface area (Å²) in [5.41, 5.74) is 1.14. The van der Waals surface area contributed by atoms with Crippen molar-refractivity contribution in [2.24, 2.45) is 0 Å². The van der Waals surface area contributed by atoms with Gasteiger partial charge in [-0.25, -0.2) is 16.8 Å². The summed E-state index contributed by atoms with van der Waals surface area (Å²) in [6.45, 7) is 1.52. The minimum Gasteiger partial charge on any atom is -0.455 e. The van der Waals surface area contributed by atoms with E-state index in [1.807, 2.05) is 6.92 Å². The maximum atomic E-state index is 13.0. The second-order valence-electron chi connectivity index (χ2n) is 8.63. The molecule has 1 N–H and O–H groups in total. The summed E-state index contributed by atoms with van der Waals surface area (Å²) in [6.07, 6.45) is 3.61. The summed E-state index contributed by atoms with van der Waals surface area (Å²) in [5.74, 6) is -1.59. The number of nitrogens with zero attached hydrogens (tertiary/aromatic N) is 2. The van der Waals surface area contributed by atoms with Gasteiger partial charge < -0.3 is 10.1 Å². The van der Waals surface area contributed by atoms with Gasteiger partial charge in [-0.15, -0.1) is 0 Å². The molecule has 2 aromatic rings. The Hall–Kier alpha value is -2.80. The number of likely N-dealkylation sites (N-methyl/N-ethyl adjacent to an activating group) is 1. The van der Waals surface area contributed by atoms with Gasteiger partial charge in [0.25, 0.3) is 5.91 Å². The van der Waals surface area contributed by atoms with Crippen molar-refractivity contribution in [3.8, 4) is 0 Å². The zero-order valence-corrected chi connectivity index (χ0v) is 22.0. The molecule has 1 amide bonds. The molecular weight excluding hydrogens is 506 g/mol. The molecule has 3 rings (SSSR count). The Morgan fingerprint density at radius 3 is 2.22 bits per heavy atom. The highest BCUT2D eigenvalue weighted by Crippen LogP contribution is 2.22. The Morgan fingerprint density at radius 2 is 1.58 bits per heavy atom. The number of hydrogen-bond acceptors (Lipinski definition) is 7. The fraction of sp³-hybridized carbons (Fsp3) is 0.417. The van der Waals surface area contributed by atoms with Crippen LogP contribution in [0.4, 0.5) is 5.69 Å². The zero-order valence-electron chi connectivity index (χ0n) is 20.3. The molecule has 0 aromatic heterocycles. The normalized spacial score (nSPS) is 15.3. The molecule has 0 atom stereocenters. The number of esters is 1. The van der Waals surface area contributed by atoms with E-state index in [0.717, 1.165) is 35.6 Å². The summed E-state index contributed by atoms with van der Waals surface area (Å²) in [5, 5.41) is 2.51. The molecule has 1 aliphatic heterocycles. The van der Waals surface area contributed by atoms with Gasteiger partial charge in [0.1, 0.15) is 6.54 Å². The fourth-order valence-electron chi connectivity index (χ4n) is 3.71. The van der Waals surface area contributed by atoms with E-state index in [1.54, 1.807) is 12.1 Å². The first-order valence-corrected chi connectivity index (χ1v) is 14.5. The molecule has 10 nitrogen and oxygen atoms in total. The van der Waals surface area contributed by atoms with E-state index in [9.17, 15) is 26.4 Å². The number of amides is 1. The maximum absolute atomic E-state index is 13.0. The molecule has 1 fully saturated rings. The number of hydrogen-bond donors (Lipinski definition) is 1. The molecule has 0 radical (unpaired) electrons. The molecule has 1 aliphatic rings. The highest BCUT2D eigenvalue weighted by Gasteiger charge is 2.26. The number of anilines is 1. The van der Waals surface area contributed by atoms with Crippen molar-refractivity contribution in [1.82, 2.24) is 8.61 Å². The quantitative estimate of drug-likeness (QED) is 0.486. The molecular formula is C24H31N3O7S2. The van der Waals surface area contributed by atoms with Crippen LogP contribution in [0.25, 0.3) is 0 Å². The summed E-state index contributed by atoms with van der Waals surface area (Å²) in [6, 6.07) is 12.1. The van der Waals surface area contributed by atoms with E-state index < -0.39 is 45.1 Å². The van der Waals surface area contributed by atoms with Crippen molar-refractivity contribution in [3.05, 3.63) is 54.1 Å². The highest BCUT2D eigenvalue weighted by molar-refractivity contribution is 7.89. The molecule has 1 heterocycles. The van der Waals surface area contributed by atoms with Gasteiger partial charge in [-0.1, -0.05) is 36.6 Å². The SMILES string of the molecule is Cc1ccc(S(=O)(=O)N(C)CC(=O)OCC(=O)Nc2cccc(S(=O)(=O)N3CCCCCC3)c2)cc1. The maximum Gasteiger partial charge on any atom is 0.321 e. The second kappa shape index (κ2) is 12.0. The van der Waals surface area contributed by atoms with E-state index in [-0.39, 0.29) is 15.5 Å². The average molecular weight is 538 g/mol. The number of nitrogens with one attached hydrogen (secondary N) is 1. The number of sulfonamides is 2. The standard InChI is InChI=1S/C24H31N3O7S2/c1-19-10-12-21(13-11-19)35(30,31)26(2)17-24(29)34-18-23(28)25-20-8-7-9-22(16-20)36(32,33)27-14-5-3-4-6-15-27/h7-13,16H,3-6,14-15,17-18H2,1-2H3,(H,25,28). The first-order chi connectivity index (χ1) is 17.0. The van der Waals surface area contributed by atoms with E-state index in [4.69, 9.17) is 4.74 Å². The van der Waals surface area contributed by atoms with Crippen molar-refractivity contribution < 1.29 is 31.2 Å². The van der Waals surface area contributed by atoms with Crippen LogP contribution in [0, 0.1) is 6.92 Å². The molecule has 1 saturated heterocycles. The lowest BCUT2D eigenvalue weighted by Crippen LogP contribution is -2.34. The van der Waals surface area contributed by atoms with E-state index in [1.165, 1.54) is 47.8 Å². The third-order valence-electron chi connectivity index (χ3n) is 5.77. The van der Waals surface area contributed by atoms with Gasteiger partial charge in [0.2, 0.25) is 20.0 Å². The van der Waals surface area contributed by atoms with E-state index in [2.05, 4.69) is 5.32 Å². The van der Waals surface area contributed by atoms with Crippen LogP contribution < -0.4 is 5.32 Å². The molecule has 0 bridgehead atoms. The lowest BCUT2D eigenvalue weighted by atomic mass is 10.2. The Labute approximate surface area is 212 Å². The van der Waals surface area contributed by atoms with Gasteiger partial charge in [0.15, 0.2) is 6.61 Å². The third-order valence-corrected chi connectivity index (χ3v) is 9.48. The largest absolute Gasteiger partial charge is 0.455 e. The number of ether oxygens (including phenoxy) is 1. The van der Waals surface area contributed by atoms with Gasteiger partial charge in [0, 0.05) is 25.8 Å². The van der Waals surface area contributed by atoms with Gasteiger partial charge in [0.05, 0.1) is 9.79 Å². The first kappa shape index (κ1) is 27.8. The Kier molecular flexibility index (Phi) is 9.23. The van der Waals surface area contributed by atoms with Crippen molar-refractivity contribution >= 4 is 37.6 Å². The predicted molar refractivity (Wildman–Crippen MR) is 134 cm³/mol. The number of carbonyl (C=O) groups is 2. The first-order valence-electron chi connectivity index (χ1n) is 11.6. The number of aryl methyl sites for hydroxylation is 1. The van der Waals surface area contributed by atoms with Crippen LogP contribution in [0.5, 0.6) is 0 Å². The lowest BCUT2D eigenvalue weighted by Gasteiger charge is -2.20. The molecule has 0 saturated carbocycles. The van der Waals surface area contributed by atoms with Crippen LogP contribution in [0.2, 0.25) is 0 Å². The second-order valence-corrected chi connectivity index (χ2v) is 12.6. The lowest BCUT2D eigenvalue weighted by molar-refractivity contribution is -0.147. The van der Waals surface area contributed by atoms with Crippen molar-refractivity contribution in [2.45, 2.75) is 42.4 Å². The van der Waals surface area contributed by atoms with E-state index >= 15 is 0 Å². The van der Waals surface area contributed by atoms with Gasteiger partial charge in [-0.3, -0.25) is 9.59 Å². The van der Waals surface area contributed by atoms with Crippen molar-refractivity contribution in [3.63, 3.8) is 0 Å². The van der Waals surface area contributed by atoms with Crippen LogP contribution in [-0.4, -0.2) is 70.6 Å². The summed E-state index contributed by atoms with van der Waals surface area (Å²) < 4.78 is 58.4. The van der Waals surface area contributed by atoms with Crippen LogP contribution in [-0.2, 0) is 34.4 Å². The smallest absolute Gasteiger partial charge is 0.321 e. The Balaban J connectivity index is 1.55. The topological polar surface area (TPSA) is 130 Å². The number of rotatable bonds is 9. The Bertz CT molecular complexity index is 1290. The monoisotopic (exact) mass is 537 g/mol. The number of carbonyl (C=O) groups excluding carboxylic acids is 2. The predicted octanol–water partition coefficient (Wildman–Crippen LogP) is 2.36. The third kappa shape index (κ3) is 7.12. The summed E-state index contributed by atoms with van der Waals surface area (Å²) in [7, 11) is -6.34. The van der Waals surface area contributed by atoms with Crippen molar-refractivity contribution in [2.75, 3.05) is 38.6 Å². The molecule has 12 heteroatoms. The Morgan fingerprint density at radius 1 is 0.944 bits per heavy atom. The summed E-state index contributed by atoms with van der Waals surface area (Å²) >= 11 is 0. The molecule has 0 aliphatic carbocycles. The molecule has 0 unspecified atom stereocenters. The van der Waals surface area contributed by atoms with Gasteiger partial charge in [-0.2, -0.15) is 8.61 Å². The molecule has 2 aromatic carbocycles. The van der Waals surface area contributed by atoms with E-state index in [0.29, 0.717) is 13.1 Å². The number of benzene rings is 2. The van der Waals surface area contributed by atoms with Crippen LogP contribution in [0.1, 0.15) is 31.2 Å². The van der Waals surface area contributed by atoms with Gasteiger partial charge in [-0.05, 0) is 50.1 Å². The van der Waals surface area contributed by atoms with Gasteiger partial charge >= 0.3 is 5.97 Å². The summed E-state index contributed by atoms with van der Waals surface area (Å²) in [4.78, 5) is 24.5. The van der Waals surface area contributed by atoms with Crippen LogP contribution >= 0.6 is 0 Å². The van der Waals surface area contributed by atoms with Crippen molar-refractivity contribution in [1.29, 1.82) is 0 Å². The van der Waals surface area contributed by atoms with Crippen LogP contribution in [0.15, 0.2) is 58.3 Å². The zero-order chi connectivity index (χ0) is 26.3. The average Bonchev–Trinajstić information content (AvgIpc) is 3.13. The fourth-order valence-corrected chi connectivity index (χ4v) is 6.39. The molecule has 196 valence electrons.